The average Bonchev–Trinajstić information content (AvgIpc) is 2.99. The molecule has 0 spiro atoms. The van der Waals surface area contributed by atoms with Crippen molar-refractivity contribution >= 4 is 50.7 Å². The molecule has 0 aliphatic carbocycles. The zero-order valence-corrected chi connectivity index (χ0v) is 26.5. The van der Waals surface area contributed by atoms with Crippen molar-refractivity contribution < 1.29 is 27.5 Å². The molecule has 226 valence electrons. The van der Waals surface area contributed by atoms with Crippen LogP contribution in [0.3, 0.4) is 0 Å². The van der Waals surface area contributed by atoms with E-state index in [9.17, 15) is 18.0 Å². The van der Waals surface area contributed by atoms with Crippen LogP contribution < -0.4 is 19.1 Å². The molecular formula is C30H35Cl2N3O6S. The Labute approximate surface area is 257 Å². The molecular weight excluding hydrogens is 601 g/mol. The molecule has 2 atom stereocenters. The maximum absolute atomic E-state index is 14.1. The van der Waals surface area contributed by atoms with Crippen molar-refractivity contribution in [3.05, 3.63) is 82.3 Å². The summed E-state index contributed by atoms with van der Waals surface area (Å²) in [6.07, 6.45) is 0.692. The van der Waals surface area contributed by atoms with Gasteiger partial charge in [0.1, 0.15) is 24.1 Å². The Balaban J connectivity index is 2.12. The summed E-state index contributed by atoms with van der Waals surface area (Å²) >= 11 is 12.3. The van der Waals surface area contributed by atoms with Crippen LogP contribution in [0.2, 0.25) is 10.0 Å². The van der Waals surface area contributed by atoms with E-state index in [0.717, 1.165) is 4.31 Å². The summed E-state index contributed by atoms with van der Waals surface area (Å²) < 4.78 is 39.9. The number of halogens is 2. The van der Waals surface area contributed by atoms with Gasteiger partial charge < -0.3 is 19.7 Å². The van der Waals surface area contributed by atoms with E-state index in [-0.39, 0.29) is 39.8 Å². The number of carbonyl (C=O) groups excluding carboxylic acids is 2. The third-order valence-electron chi connectivity index (χ3n) is 6.77. The topological polar surface area (TPSA) is 105 Å². The largest absolute Gasteiger partial charge is 0.497 e. The molecule has 0 unspecified atom stereocenters. The number of anilines is 1. The highest BCUT2D eigenvalue weighted by atomic mass is 35.5. The van der Waals surface area contributed by atoms with Crippen molar-refractivity contribution in [1.82, 2.24) is 10.2 Å². The van der Waals surface area contributed by atoms with Crippen LogP contribution >= 0.6 is 23.2 Å². The maximum atomic E-state index is 14.1. The molecule has 0 aromatic heterocycles. The summed E-state index contributed by atoms with van der Waals surface area (Å²) in [5.41, 5.74) is 0.706. The summed E-state index contributed by atoms with van der Waals surface area (Å²) in [6, 6.07) is 16.2. The van der Waals surface area contributed by atoms with Crippen LogP contribution in [-0.4, -0.2) is 58.0 Å². The zero-order chi connectivity index (χ0) is 31.0. The van der Waals surface area contributed by atoms with Gasteiger partial charge in [0.05, 0.1) is 34.8 Å². The fraction of sp³-hybridized carbons (Fsp3) is 0.333. The highest BCUT2D eigenvalue weighted by Crippen LogP contribution is 2.36. The molecule has 0 bridgehead atoms. The lowest BCUT2D eigenvalue weighted by molar-refractivity contribution is -0.139. The van der Waals surface area contributed by atoms with E-state index in [1.54, 1.807) is 55.5 Å². The van der Waals surface area contributed by atoms with E-state index < -0.39 is 28.5 Å². The molecule has 0 aliphatic heterocycles. The molecule has 0 saturated heterocycles. The second-order valence-corrected chi connectivity index (χ2v) is 12.3. The van der Waals surface area contributed by atoms with E-state index in [0.29, 0.717) is 22.8 Å². The molecule has 12 heteroatoms. The number of carbonyl (C=O) groups is 2. The summed E-state index contributed by atoms with van der Waals surface area (Å²) in [5.74, 6) is -0.436. The van der Waals surface area contributed by atoms with Crippen molar-refractivity contribution in [3.63, 3.8) is 0 Å². The molecule has 0 fully saturated rings. The lowest BCUT2D eigenvalue weighted by Crippen LogP contribution is -2.52. The Kier molecular flexibility index (Phi) is 11.5. The minimum Gasteiger partial charge on any atom is -0.497 e. The van der Waals surface area contributed by atoms with Gasteiger partial charge in [-0.15, -0.1) is 0 Å². The highest BCUT2D eigenvalue weighted by molar-refractivity contribution is 7.92. The highest BCUT2D eigenvalue weighted by Gasteiger charge is 2.34. The Morgan fingerprint density at radius 3 is 2.21 bits per heavy atom. The third-order valence-corrected chi connectivity index (χ3v) is 9.28. The van der Waals surface area contributed by atoms with Crippen molar-refractivity contribution in [3.8, 4) is 11.5 Å². The van der Waals surface area contributed by atoms with E-state index in [1.807, 2.05) is 13.8 Å². The van der Waals surface area contributed by atoms with Gasteiger partial charge in [0, 0.05) is 18.7 Å². The second-order valence-electron chi connectivity index (χ2n) is 9.63. The predicted molar refractivity (Wildman–Crippen MR) is 165 cm³/mol. The van der Waals surface area contributed by atoms with Crippen LogP contribution in [0.1, 0.15) is 32.8 Å². The Morgan fingerprint density at radius 2 is 1.62 bits per heavy atom. The number of nitrogens with zero attached hydrogens (tertiary/aromatic N) is 2. The smallest absolute Gasteiger partial charge is 0.264 e. The molecule has 42 heavy (non-hydrogen) atoms. The number of amides is 2. The summed E-state index contributed by atoms with van der Waals surface area (Å²) in [7, 11) is -1.43. The van der Waals surface area contributed by atoms with Gasteiger partial charge in [-0.1, -0.05) is 54.4 Å². The minimum absolute atomic E-state index is 0.0266. The molecule has 0 saturated carbocycles. The molecule has 0 aliphatic rings. The SMILES string of the molecule is CC[C@@H](C)NC(=O)[C@@H](C)N(Cc1ccc(Cl)c(Cl)c1)C(=O)CN(c1cc(OC)ccc1OC)S(=O)(=O)c1ccccc1. The molecule has 0 heterocycles. The van der Waals surface area contributed by atoms with Crippen molar-refractivity contribution in [2.45, 2.75) is 50.7 Å². The van der Waals surface area contributed by atoms with Crippen LogP contribution in [0.4, 0.5) is 5.69 Å². The molecule has 2 amide bonds. The number of hydrogen-bond acceptors (Lipinski definition) is 6. The van der Waals surface area contributed by atoms with Crippen molar-refractivity contribution in [2.24, 2.45) is 0 Å². The van der Waals surface area contributed by atoms with Gasteiger partial charge in [0.15, 0.2) is 0 Å². The van der Waals surface area contributed by atoms with Gasteiger partial charge in [0.2, 0.25) is 11.8 Å². The Hall–Kier alpha value is -3.47. The maximum Gasteiger partial charge on any atom is 0.264 e. The lowest BCUT2D eigenvalue weighted by Gasteiger charge is -2.33. The standard InChI is InChI=1S/C30H35Cl2N3O6S/c1-6-20(2)33-30(37)21(3)34(18-22-12-14-25(31)26(32)16-22)29(36)19-35(42(38,39)24-10-8-7-9-11-24)27-17-23(40-4)13-15-28(27)41-5/h7-17,20-21H,6,18-19H2,1-5H3,(H,33,37)/t20-,21-/m1/s1. The molecule has 9 nitrogen and oxygen atoms in total. The van der Waals surface area contributed by atoms with Crippen LogP contribution in [0.15, 0.2) is 71.6 Å². The minimum atomic E-state index is -4.28. The number of methoxy groups -OCH3 is 2. The van der Waals surface area contributed by atoms with Gasteiger partial charge in [-0.25, -0.2) is 8.42 Å². The molecule has 0 radical (unpaired) electrons. The lowest BCUT2D eigenvalue weighted by atomic mass is 10.1. The van der Waals surface area contributed by atoms with Gasteiger partial charge >= 0.3 is 0 Å². The first-order valence-electron chi connectivity index (χ1n) is 13.3. The van der Waals surface area contributed by atoms with E-state index in [4.69, 9.17) is 32.7 Å². The van der Waals surface area contributed by atoms with Crippen LogP contribution in [0, 0.1) is 0 Å². The first-order chi connectivity index (χ1) is 19.9. The van der Waals surface area contributed by atoms with Crippen LogP contribution in [0.25, 0.3) is 0 Å². The second kappa shape index (κ2) is 14.6. The summed E-state index contributed by atoms with van der Waals surface area (Å²) in [6.45, 7) is 4.72. The number of sulfonamides is 1. The molecule has 3 aromatic carbocycles. The molecule has 3 rings (SSSR count). The fourth-order valence-corrected chi connectivity index (χ4v) is 5.87. The molecule has 3 aromatic rings. The average molecular weight is 637 g/mol. The Morgan fingerprint density at radius 1 is 0.929 bits per heavy atom. The van der Waals surface area contributed by atoms with E-state index in [1.165, 1.54) is 37.3 Å². The van der Waals surface area contributed by atoms with Gasteiger partial charge in [0.25, 0.3) is 10.0 Å². The van der Waals surface area contributed by atoms with E-state index >= 15 is 0 Å². The number of hydrogen-bond donors (Lipinski definition) is 1. The number of benzene rings is 3. The normalized spacial score (nSPS) is 12.6. The predicted octanol–water partition coefficient (Wildman–Crippen LogP) is 5.54. The number of nitrogens with one attached hydrogen (secondary N) is 1. The monoisotopic (exact) mass is 635 g/mol. The fourth-order valence-electron chi connectivity index (χ4n) is 4.11. The number of ether oxygens (including phenoxy) is 2. The van der Waals surface area contributed by atoms with Gasteiger partial charge in [-0.3, -0.25) is 13.9 Å². The molecule has 1 N–H and O–H groups in total. The van der Waals surface area contributed by atoms with Gasteiger partial charge in [-0.05, 0) is 62.2 Å². The summed E-state index contributed by atoms with van der Waals surface area (Å²) in [4.78, 5) is 28.6. The van der Waals surface area contributed by atoms with Gasteiger partial charge in [-0.2, -0.15) is 0 Å². The van der Waals surface area contributed by atoms with Crippen molar-refractivity contribution in [1.29, 1.82) is 0 Å². The quantitative estimate of drug-likeness (QED) is 0.264. The van der Waals surface area contributed by atoms with Crippen molar-refractivity contribution in [2.75, 3.05) is 25.1 Å². The first-order valence-corrected chi connectivity index (χ1v) is 15.5. The van der Waals surface area contributed by atoms with Crippen LogP contribution in [0.5, 0.6) is 11.5 Å². The zero-order valence-electron chi connectivity index (χ0n) is 24.1. The first kappa shape index (κ1) is 33.0. The number of rotatable bonds is 13. The van der Waals surface area contributed by atoms with Crippen LogP contribution in [-0.2, 0) is 26.2 Å². The Bertz CT molecular complexity index is 1500. The van der Waals surface area contributed by atoms with E-state index in [2.05, 4.69) is 5.32 Å². The third kappa shape index (κ3) is 7.87. The summed E-state index contributed by atoms with van der Waals surface area (Å²) in [5, 5.41) is 3.52.